The van der Waals surface area contributed by atoms with E-state index in [4.69, 9.17) is 0 Å². The second kappa shape index (κ2) is 6.53. The molecule has 1 fully saturated rings. The number of hydrogen-bond acceptors (Lipinski definition) is 5. The molecule has 116 valence electrons. The Balaban J connectivity index is 2.01. The molecule has 1 saturated heterocycles. The Kier molecular flexibility index (Phi) is 4.95. The average molecular weight is 310 g/mol. The fourth-order valence-corrected chi connectivity index (χ4v) is 3.44. The molecule has 0 radical (unpaired) electrons. The van der Waals surface area contributed by atoms with Crippen LogP contribution in [0.4, 0.5) is 0 Å². The second-order valence-corrected chi connectivity index (χ2v) is 6.59. The van der Waals surface area contributed by atoms with Crippen LogP contribution in [0, 0.1) is 13.8 Å². The number of likely N-dealkylation sites (N-methyl/N-ethyl adjacent to an activating group) is 1. The summed E-state index contributed by atoms with van der Waals surface area (Å²) in [6.45, 7) is 7.73. The SMILES string of the molecule is Cc1nc(C)c([C@H](C)N(C)C(=O)CN2CCNCC2=O)s1. The Hall–Kier alpha value is -1.47. The maximum Gasteiger partial charge on any atom is 0.242 e. The predicted octanol–water partition coefficient (Wildman–Crippen LogP) is 0.711. The number of thiazole rings is 1. The molecule has 2 heterocycles. The highest BCUT2D eigenvalue weighted by molar-refractivity contribution is 7.11. The number of nitrogens with zero attached hydrogens (tertiary/aromatic N) is 3. The molecule has 0 aromatic carbocycles. The number of carbonyl (C=O) groups is 2. The first-order valence-corrected chi connectivity index (χ1v) is 7.90. The third-order valence-electron chi connectivity index (χ3n) is 3.81. The first kappa shape index (κ1) is 15.9. The largest absolute Gasteiger partial charge is 0.337 e. The lowest BCUT2D eigenvalue weighted by atomic mass is 10.2. The minimum atomic E-state index is -0.0387. The van der Waals surface area contributed by atoms with Gasteiger partial charge in [0.05, 0.1) is 29.8 Å². The highest BCUT2D eigenvalue weighted by Crippen LogP contribution is 2.28. The van der Waals surface area contributed by atoms with Crippen LogP contribution in [0.1, 0.15) is 28.5 Å². The predicted molar refractivity (Wildman–Crippen MR) is 82.2 cm³/mol. The molecule has 7 heteroatoms. The normalized spacial score (nSPS) is 17.0. The van der Waals surface area contributed by atoms with Crippen molar-refractivity contribution in [2.75, 3.05) is 33.2 Å². The van der Waals surface area contributed by atoms with Gasteiger partial charge in [-0.05, 0) is 20.8 Å². The Labute approximate surface area is 129 Å². The van der Waals surface area contributed by atoms with E-state index in [0.717, 1.165) is 22.1 Å². The zero-order valence-electron chi connectivity index (χ0n) is 13.0. The monoisotopic (exact) mass is 310 g/mol. The van der Waals surface area contributed by atoms with Crippen molar-refractivity contribution in [1.29, 1.82) is 0 Å². The minimum Gasteiger partial charge on any atom is -0.337 e. The van der Waals surface area contributed by atoms with Gasteiger partial charge in [0.2, 0.25) is 11.8 Å². The summed E-state index contributed by atoms with van der Waals surface area (Å²) in [6.07, 6.45) is 0. The Morgan fingerprint density at radius 2 is 2.24 bits per heavy atom. The number of aryl methyl sites for hydroxylation is 2. The maximum atomic E-state index is 12.4. The van der Waals surface area contributed by atoms with Crippen LogP contribution in [0.15, 0.2) is 0 Å². The molecule has 0 spiro atoms. The molecule has 0 saturated carbocycles. The number of amides is 2. The van der Waals surface area contributed by atoms with Gasteiger partial charge in [-0.1, -0.05) is 0 Å². The average Bonchev–Trinajstić information content (AvgIpc) is 2.78. The maximum absolute atomic E-state index is 12.4. The van der Waals surface area contributed by atoms with E-state index in [1.54, 1.807) is 28.2 Å². The van der Waals surface area contributed by atoms with Gasteiger partial charge in [-0.15, -0.1) is 11.3 Å². The summed E-state index contributed by atoms with van der Waals surface area (Å²) in [5.74, 6) is -0.0522. The number of hydrogen-bond donors (Lipinski definition) is 1. The highest BCUT2D eigenvalue weighted by atomic mass is 32.1. The van der Waals surface area contributed by atoms with Crippen molar-refractivity contribution in [2.45, 2.75) is 26.8 Å². The molecule has 0 unspecified atom stereocenters. The van der Waals surface area contributed by atoms with Gasteiger partial charge in [0, 0.05) is 25.0 Å². The molecule has 2 rings (SSSR count). The topological polar surface area (TPSA) is 65.5 Å². The van der Waals surface area contributed by atoms with Crippen LogP contribution >= 0.6 is 11.3 Å². The molecule has 6 nitrogen and oxygen atoms in total. The molecular formula is C14H22N4O2S. The zero-order chi connectivity index (χ0) is 15.6. The van der Waals surface area contributed by atoms with Gasteiger partial charge in [-0.2, -0.15) is 0 Å². The van der Waals surface area contributed by atoms with Crippen LogP contribution in [0.3, 0.4) is 0 Å². The van der Waals surface area contributed by atoms with Crippen LogP contribution in [0.2, 0.25) is 0 Å². The summed E-state index contributed by atoms with van der Waals surface area (Å²) < 4.78 is 0. The molecule has 0 bridgehead atoms. The fraction of sp³-hybridized carbons (Fsp3) is 0.643. The van der Waals surface area contributed by atoms with Gasteiger partial charge in [-0.3, -0.25) is 9.59 Å². The summed E-state index contributed by atoms with van der Waals surface area (Å²) in [6, 6.07) is -0.0262. The molecule has 1 aromatic heterocycles. The molecule has 0 aliphatic carbocycles. The Bertz CT molecular complexity index is 543. The number of carbonyl (C=O) groups excluding carboxylic acids is 2. The van der Waals surface area contributed by atoms with Crippen molar-refractivity contribution in [3.8, 4) is 0 Å². The van der Waals surface area contributed by atoms with E-state index in [9.17, 15) is 9.59 Å². The van der Waals surface area contributed by atoms with Crippen LogP contribution in [0.5, 0.6) is 0 Å². The van der Waals surface area contributed by atoms with Gasteiger partial charge in [0.1, 0.15) is 0 Å². The third-order valence-corrected chi connectivity index (χ3v) is 5.05. The lowest BCUT2D eigenvalue weighted by Crippen LogP contribution is -2.51. The summed E-state index contributed by atoms with van der Waals surface area (Å²) in [7, 11) is 1.79. The molecule has 21 heavy (non-hydrogen) atoms. The Morgan fingerprint density at radius 3 is 2.81 bits per heavy atom. The summed E-state index contributed by atoms with van der Waals surface area (Å²) in [4.78, 5) is 33.0. The van der Waals surface area contributed by atoms with Gasteiger partial charge in [0.25, 0.3) is 0 Å². The first-order chi connectivity index (χ1) is 9.90. The number of piperazine rings is 1. The molecule has 2 amide bonds. The van der Waals surface area contributed by atoms with E-state index in [1.165, 1.54) is 0 Å². The third kappa shape index (κ3) is 3.59. The van der Waals surface area contributed by atoms with E-state index < -0.39 is 0 Å². The van der Waals surface area contributed by atoms with Crippen molar-refractivity contribution >= 4 is 23.2 Å². The smallest absolute Gasteiger partial charge is 0.242 e. The van der Waals surface area contributed by atoms with Gasteiger partial charge < -0.3 is 15.1 Å². The number of nitrogens with one attached hydrogen (secondary N) is 1. The summed E-state index contributed by atoms with van der Waals surface area (Å²) in [5.41, 5.74) is 0.975. The van der Waals surface area contributed by atoms with E-state index in [2.05, 4.69) is 10.3 Å². The lowest BCUT2D eigenvalue weighted by molar-refractivity contribution is -0.141. The molecule has 1 aliphatic heterocycles. The number of aromatic nitrogens is 1. The van der Waals surface area contributed by atoms with Crippen molar-refractivity contribution < 1.29 is 9.59 Å². The van der Waals surface area contributed by atoms with E-state index >= 15 is 0 Å². The van der Waals surface area contributed by atoms with E-state index in [1.807, 2.05) is 20.8 Å². The van der Waals surface area contributed by atoms with Crippen molar-refractivity contribution in [1.82, 2.24) is 20.1 Å². The van der Waals surface area contributed by atoms with Crippen molar-refractivity contribution in [3.63, 3.8) is 0 Å². The quantitative estimate of drug-likeness (QED) is 0.889. The molecule has 1 N–H and O–H groups in total. The van der Waals surface area contributed by atoms with E-state index in [0.29, 0.717) is 13.1 Å². The molecule has 1 aliphatic rings. The highest BCUT2D eigenvalue weighted by Gasteiger charge is 2.25. The Morgan fingerprint density at radius 1 is 1.52 bits per heavy atom. The summed E-state index contributed by atoms with van der Waals surface area (Å²) >= 11 is 1.62. The van der Waals surface area contributed by atoms with Gasteiger partial charge in [0.15, 0.2) is 0 Å². The molecular weight excluding hydrogens is 288 g/mol. The second-order valence-electron chi connectivity index (χ2n) is 5.36. The molecule has 1 aromatic rings. The minimum absolute atomic E-state index is 0.0135. The number of rotatable bonds is 4. The lowest BCUT2D eigenvalue weighted by Gasteiger charge is -2.30. The molecule has 1 atom stereocenters. The van der Waals surface area contributed by atoms with Crippen LogP contribution in [-0.2, 0) is 9.59 Å². The first-order valence-electron chi connectivity index (χ1n) is 7.08. The standard InChI is InChI=1S/C14H22N4O2S/c1-9-14(21-11(3)16-9)10(2)17(4)13(20)8-18-6-5-15-7-12(18)19/h10,15H,5-8H2,1-4H3/t10-/m0/s1. The van der Waals surface area contributed by atoms with Crippen molar-refractivity contribution in [3.05, 3.63) is 15.6 Å². The fourth-order valence-electron chi connectivity index (χ4n) is 2.41. The van der Waals surface area contributed by atoms with Crippen LogP contribution in [-0.4, -0.2) is 59.8 Å². The van der Waals surface area contributed by atoms with E-state index in [-0.39, 0.29) is 24.4 Å². The van der Waals surface area contributed by atoms with Crippen LogP contribution < -0.4 is 5.32 Å². The summed E-state index contributed by atoms with van der Waals surface area (Å²) in [5, 5.41) is 4.01. The van der Waals surface area contributed by atoms with Gasteiger partial charge >= 0.3 is 0 Å². The van der Waals surface area contributed by atoms with Gasteiger partial charge in [-0.25, -0.2) is 4.98 Å². The zero-order valence-corrected chi connectivity index (χ0v) is 13.8. The van der Waals surface area contributed by atoms with Crippen molar-refractivity contribution in [2.24, 2.45) is 0 Å². The van der Waals surface area contributed by atoms with Crippen LogP contribution in [0.25, 0.3) is 0 Å².